The van der Waals surface area contributed by atoms with Gasteiger partial charge in [0.25, 0.3) is 0 Å². The van der Waals surface area contributed by atoms with Gasteiger partial charge in [-0.05, 0) is 42.4 Å². The smallest absolute Gasteiger partial charge is 0.233 e. The summed E-state index contributed by atoms with van der Waals surface area (Å²) >= 11 is 0. The molecular weight excluding hydrogens is 232 g/mol. The van der Waals surface area contributed by atoms with Gasteiger partial charge in [-0.25, -0.2) is 0 Å². The van der Waals surface area contributed by atoms with E-state index in [1.807, 2.05) is 0 Å². The minimum Gasteiger partial charge on any atom is -0.475 e. The van der Waals surface area contributed by atoms with Crippen LogP contribution in [0.15, 0.2) is 12.1 Å². The summed E-state index contributed by atoms with van der Waals surface area (Å²) in [5, 5.41) is 15.2. The summed E-state index contributed by atoms with van der Waals surface area (Å²) < 4.78 is 6.99. The lowest BCUT2D eigenvalue weighted by Crippen LogP contribution is -2.33. The Morgan fingerprint density at radius 1 is 1.17 bits per heavy atom. The third-order valence-electron chi connectivity index (χ3n) is 3.15. The quantitative estimate of drug-likeness (QED) is 0.779. The van der Waals surface area contributed by atoms with E-state index in [0.717, 1.165) is 6.54 Å². The van der Waals surface area contributed by atoms with Crippen molar-refractivity contribution in [3.8, 4) is 5.88 Å². The van der Waals surface area contributed by atoms with Gasteiger partial charge in [-0.1, -0.05) is 6.42 Å². The summed E-state index contributed by atoms with van der Waals surface area (Å²) in [6.45, 7) is 3.97. The fourth-order valence-corrected chi connectivity index (χ4v) is 2.17. The molecule has 0 aromatic carbocycles. The van der Waals surface area contributed by atoms with Crippen LogP contribution in [-0.4, -0.2) is 56.4 Å². The Balaban J connectivity index is 1.52. The van der Waals surface area contributed by atoms with Crippen LogP contribution in [0.4, 0.5) is 0 Å². The van der Waals surface area contributed by atoms with Gasteiger partial charge in [0.15, 0.2) is 5.65 Å². The van der Waals surface area contributed by atoms with Crippen LogP contribution in [0.5, 0.6) is 5.88 Å². The highest BCUT2D eigenvalue weighted by atomic mass is 16.5. The van der Waals surface area contributed by atoms with Gasteiger partial charge in [-0.3, -0.25) is 4.90 Å². The molecule has 7 heteroatoms. The van der Waals surface area contributed by atoms with Crippen LogP contribution < -0.4 is 4.74 Å². The minimum atomic E-state index is 0.562. The zero-order chi connectivity index (χ0) is 12.2. The van der Waals surface area contributed by atoms with Crippen LogP contribution in [0.3, 0.4) is 0 Å². The van der Waals surface area contributed by atoms with Crippen LogP contribution in [0.2, 0.25) is 0 Å². The molecule has 96 valence electrons. The molecule has 1 aliphatic heterocycles. The van der Waals surface area contributed by atoms with E-state index in [0.29, 0.717) is 18.1 Å². The lowest BCUT2D eigenvalue weighted by Gasteiger charge is -2.25. The number of tetrazole rings is 1. The van der Waals surface area contributed by atoms with Crippen LogP contribution in [-0.2, 0) is 0 Å². The maximum absolute atomic E-state index is 5.62. The van der Waals surface area contributed by atoms with Crippen LogP contribution >= 0.6 is 0 Å². The second-order valence-electron chi connectivity index (χ2n) is 4.45. The molecule has 0 atom stereocenters. The Morgan fingerprint density at radius 3 is 2.94 bits per heavy atom. The van der Waals surface area contributed by atoms with E-state index in [9.17, 15) is 0 Å². The molecule has 7 nitrogen and oxygen atoms in total. The Labute approximate surface area is 105 Å². The maximum atomic E-state index is 5.62. The van der Waals surface area contributed by atoms with E-state index < -0.39 is 0 Å². The topological polar surface area (TPSA) is 68.4 Å². The van der Waals surface area contributed by atoms with Crippen molar-refractivity contribution in [2.75, 3.05) is 26.2 Å². The first kappa shape index (κ1) is 11.3. The molecule has 0 N–H and O–H groups in total. The van der Waals surface area contributed by atoms with E-state index in [-0.39, 0.29) is 0 Å². The molecule has 3 heterocycles. The first-order valence-electron chi connectivity index (χ1n) is 6.32. The normalized spacial score (nSPS) is 17.1. The van der Waals surface area contributed by atoms with E-state index in [1.54, 1.807) is 12.1 Å². The number of fused-ring (bicyclic) bond motifs is 1. The van der Waals surface area contributed by atoms with Gasteiger partial charge < -0.3 is 4.74 Å². The third-order valence-corrected chi connectivity index (χ3v) is 3.15. The van der Waals surface area contributed by atoms with Gasteiger partial charge in [0.05, 0.1) is 0 Å². The van der Waals surface area contributed by atoms with Crippen molar-refractivity contribution >= 4 is 5.65 Å². The van der Waals surface area contributed by atoms with E-state index in [1.165, 1.54) is 37.0 Å². The average molecular weight is 248 g/mol. The van der Waals surface area contributed by atoms with Crippen molar-refractivity contribution in [1.29, 1.82) is 0 Å². The van der Waals surface area contributed by atoms with Gasteiger partial charge in [-0.2, -0.15) is 0 Å². The number of likely N-dealkylation sites (tertiary alicyclic amines) is 1. The Bertz CT molecular complexity index is 507. The van der Waals surface area contributed by atoms with Gasteiger partial charge >= 0.3 is 0 Å². The number of hydrogen-bond donors (Lipinski definition) is 0. The number of ether oxygens (including phenoxy) is 1. The fraction of sp³-hybridized carbons (Fsp3) is 0.636. The zero-order valence-electron chi connectivity index (χ0n) is 10.2. The molecule has 0 amide bonds. The second-order valence-corrected chi connectivity index (χ2v) is 4.45. The molecule has 0 radical (unpaired) electrons. The first-order valence-corrected chi connectivity index (χ1v) is 6.32. The second kappa shape index (κ2) is 5.26. The SMILES string of the molecule is c1cc2nnnn2nc1OCCN1CCCCC1. The van der Waals surface area contributed by atoms with E-state index in [2.05, 4.69) is 25.5 Å². The largest absolute Gasteiger partial charge is 0.475 e. The molecule has 18 heavy (non-hydrogen) atoms. The predicted octanol–water partition coefficient (Wildman–Crippen LogP) is 0.384. The van der Waals surface area contributed by atoms with E-state index in [4.69, 9.17) is 4.74 Å². The van der Waals surface area contributed by atoms with Crippen LogP contribution in [0, 0.1) is 0 Å². The van der Waals surface area contributed by atoms with Gasteiger partial charge in [0, 0.05) is 12.6 Å². The Morgan fingerprint density at radius 2 is 2.06 bits per heavy atom. The molecule has 0 spiro atoms. The number of nitrogens with zero attached hydrogens (tertiary/aromatic N) is 6. The number of rotatable bonds is 4. The van der Waals surface area contributed by atoms with Gasteiger partial charge in [0.2, 0.25) is 5.88 Å². The lowest BCUT2D eigenvalue weighted by molar-refractivity contribution is 0.179. The molecule has 1 aliphatic rings. The minimum absolute atomic E-state index is 0.562. The van der Waals surface area contributed by atoms with Gasteiger partial charge in [0.1, 0.15) is 6.61 Å². The van der Waals surface area contributed by atoms with E-state index >= 15 is 0 Å². The van der Waals surface area contributed by atoms with Crippen molar-refractivity contribution < 1.29 is 4.74 Å². The van der Waals surface area contributed by atoms with Crippen LogP contribution in [0.1, 0.15) is 19.3 Å². The molecular formula is C11H16N6O. The zero-order valence-corrected chi connectivity index (χ0v) is 10.2. The van der Waals surface area contributed by atoms with Crippen molar-refractivity contribution in [1.82, 2.24) is 30.2 Å². The summed E-state index contributed by atoms with van der Waals surface area (Å²) in [5.74, 6) is 0.562. The molecule has 0 saturated carbocycles. The highest BCUT2D eigenvalue weighted by Gasteiger charge is 2.09. The predicted molar refractivity (Wildman–Crippen MR) is 64.4 cm³/mol. The van der Waals surface area contributed by atoms with Crippen molar-refractivity contribution in [2.45, 2.75) is 19.3 Å². The molecule has 1 saturated heterocycles. The number of hydrogen-bond acceptors (Lipinski definition) is 6. The Kier molecular flexibility index (Phi) is 3.31. The molecule has 0 bridgehead atoms. The molecule has 1 fully saturated rings. The molecule has 0 aliphatic carbocycles. The summed E-state index contributed by atoms with van der Waals surface area (Å²) in [7, 11) is 0. The highest BCUT2D eigenvalue weighted by molar-refractivity contribution is 5.34. The molecule has 3 rings (SSSR count). The first-order chi connectivity index (χ1) is 8.92. The summed E-state index contributed by atoms with van der Waals surface area (Å²) in [6, 6.07) is 3.59. The monoisotopic (exact) mass is 248 g/mol. The average Bonchev–Trinajstić information content (AvgIpc) is 2.87. The summed E-state index contributed by atoms with van der Waals surface area (Å²) in [4.78, 5) is 2.43. The standard InChI is InChI=1S/C11H16N6O/c1-2-6-16(7-3-1)8-9-18-11-5-4-10-12-14-15-17(10)13-11/h4-5H,1-3,6-9H2. The van der Waals surface area contributed by atoms with Crippen molar-refractivity contribution in [3.63, 3.8) is 0 Å². The molecule has 2 aromatic rings. The summed E-state index contributed by atoms with van der Waals surface area (Å²) in [6.07, 6.45) is 3.96. The maximum Gasteiger partial charge on any atom is 0.233 e. The van der Waals surface area contributed by atoms with Crippen molar-refractivity contribution in [2.24, 2.45) is 0 Å². The fourth-order valence-electron chi connectivity index (χ4n) is 2.17. The number of piperidine rings is 1. The molecule has 2 aromatic heterocycles. The molecule has 0 unspecified atom stereocenters. The highest BCUT2D eigenvalue weighted by Crippen LogP contribution is 2.09. The van der Waals surface area contributed by atoms with Crippen LogP contribution in [0.25, 0.3) is 5.65 Å². The van der Waals surface area contributed by atoms with Crippen molar-refractivity contribution in [3.05, 3.63) is 12.1 Å². The third kappa shape index (κ3) is 2.56. The number of aromatic nitrogens is 5. The lowest BCUT2D eigenvalue weighted by atomic mass is 10.1. The Hall–Kier alpha value is -1.76. The summed E-state index contributed by atoms with van der Waals surface area (Å²) in [5.41, 5.74) is 0.624. The van der Waals surface area contributed by atoms with Gasteiger partial charge in [-0.15, -0.1) is 14.8 Å².